The Labute approximate surface area is 129 Å². The number of aliphatic carboxylic acids is 1. The van der Waals surface area contributed by atoms with E-state index in [9.17, 15) is 9.59 Å². The predicted molar refractivity (Wildman–Crippen MR) is 84.1 cm³/mol. The first kappa shape index (κ1) is 17.2. The van der Waals surface area contributed by atoms with Gasteiger partial charge >= 0.3 is 5.97 Å². The van der Waals surface area contributed by atoms with E-state index in [1.54, 1.807) is 24.3 Å². The van der Waals surface area contributed by atoms with Gasteiger partial charge in [0.05, 0.1) is 5.92 Å². The van der Waals surface area contributed by atoms with Crippen LogP contribution in [0.4, 0.5) is 0 Å². The van der Waals surface area contributed by atoms with Gasteiger partial charge in [-0.1, -0.05) is 37.6 Å². The number of hydrogen-bond donors (Lipinski definition) is 2. The van der Waals surface area contributed by atoms with Crippen molar-refractivity contribution in [3.8, 4) is 0 Å². The molecule has 0 heterocycles. The first-order valence-electron chi connectivity index (χ1n) is 6.82. The maximum atomic E-state index is 11.7. The van der Waals surface area contributed by atoms with Crippen LogP contribution in [0.2, 0.25) is 5.02 Å². The largest absolute Gasteiger partial charge is 0.481 e. The molecule has 0 aromatic heterocycles. The molecule has 4 nitrogen and oxygen atoms in total. The van der Waals surface area contributed by atoms with E-state index < -0.39 is 11.9 Å². The zero-order valence-corrected chi connectivity index (χ0v) is 12.9. The lowest BCUT2D eigenvalue weighted by molar-refractivity contribution is -0.142. The standard InChI is InChI=1S/C16H20ClNO3/c1-11(2)8-13(16(20)21)10-18-15(19)7-6-12-4-3-5-14(17)9-12/h3-7,9,11,13H,8,10H2,1-2H3,(H,18,19)(H,20,21)/b7-6+. The van der Waals surface area contributed by atoms with Crippen LogP contribution in [0.3, 0.4) is 0 Å². The lowest BCUT2D eigenvalue weighted by Gasteiger charge is -2.14. The maximum absolute atomic E-state index is 11.7. The third-order valence-corrected chi connectivity index (χ3v) is 3.14. The van der Waals surface area contributed by atoms with E-state index in [-0.39, 0.29) is 18.4 Å². The van der Waals surface area contributed by atoms with Crippen LogP contribution in [0.1, 0.15) is 25.8 Å². The van der Waals surface area contributed by atoms with Crippen molar-refractivity contribution < 1.29 is 14.7 Å². The normalized spacial score (nSPS) is 12.6. The molecule has 1 unspecified atom stereocenters. The lowest BCUT2D eigenvalue weighted by Crippen LogP contribution is -2.32. The third kappa shape index (κ3) is 6.95. The molecule has 0 bridgehead atoms. The molecule has 5 heteroatoms. The van der Waals surface area contributed by atoms with Gasteiger partial charge < -0.3 is 10.4 Å². The fraction of sp³-hybridized carbons (Fsp3) is 0.375. The number of rotatable bonds is 7. The number of carboxylic acids is 1. The van der Waals surface area contributed by atoms with Crippen molar-refractivity contribution in [3.63, 3.8) is 0 Å². The molecule has 1 amide bonds. The van der Waals surface area contributed by atoms with Crippen molar-refractivity contribution in [2.24, 2.45) is 11.8 Å². The first-order chi connectivity index (χ1) is 9.88. The summed E-state index contributed by atoms with van der Waals surface area (Å²) in [5.41, 5.74) is 0.814. The minimum Gasteiger partial charge on any atom is -0.481 e. The molecule has 0 saturated carbocycles. The van der Waals surface area contributed by atoms with Gasteiger partial charge in [-0.05, 0) is 36.1 Å². The molecule has 1 atom stereocenters. The van der Waals surface area contributed by atoms with E-state index >= 15 is 0 Å². The molecule has 0 spiro atoms. The van der Waals surface area contributed by atoms with Crippen LogP contribution in [-0.4, -0.2) is 23.5 Å². The Kier molecular flexibility index (Phi) is 6.96. The van der Waals surface area contributed by atoms with Crippen molar-refractivity contribution in [2.75, 3.05) is 6.54 Å². The van der Waals surface area contributed by atoms with Gasteiger partial charge in [-0.3, -0.25) is 9.59 Å². The highest BCUT2D eigenvalue weighted by molar-refractivity contribution is 6.30. The SMILES string of the molecule is CC(C)CC(CNC(=O)/C=C/c1cccc(Cl)c1)C(=O)O. The predicted octanol–water partition coefficient (Wildman–Crippen LogP) is 3.22. The van der Waals surface area contributed by atoms with Crippen molar-refractivity contribution in [1.82, 2.24) is 5.32 Å². The van der Waals surface area contributed by atoms with Gasteiger partial charge in [0.15, 0.2) is 0 Å². The van der Waals surface area contributed by atoms with E-state index in [1.807, 2.05) is 19.9 Å². The van der Waals surface area contributed by atoms with Gasteiger partial charge in [0, 0.05) is 17.6 Å². The van der Waals surface area contributed by atoms with E-state index in [0.29, 0.717) is 11.4 Å². The van der Waals surface area contributed by atoms with Crippen LogP contribution in [-0.2, 0) is 9.59 Å². The van der Waals surface area contributed by atoms with Gasteiger partial charge in [-0.15, -0.1) is 0 Å². The summed E-state index contributed by atoms with van der Waals surface area (Å²) < 4.78 is 0. The summed E-state index contributed by atoms with van der Waals surface area (Å²) in [6.07, 6.45) is 3.55. The van der Waals surface area contributed by atoms with Crippen molar-refractivity contribution in [3.05, 3.63) is 40.9 Å². The minimum absolute atomic E-state index is 0.131. The molecule has 1 aromatic rings. The average molecular weight is 310 g/mol. The van der Waals surface area contributed by atoms with Crippen LogP contribution in [0.5, 0.6) is 0 Å². The summed E-state index contributed by atoms with van der Waals surface area (Å²) >= 11 is 5.85. The fourth-order valence-electron chi connectivity index (χ4n) is 1.91. The topological polar surface area (TPSA) is 66.4 Å². The van der Waals surface area contributed by atoms with Crippen molar-refractivity contribution >= 4 is 29.6 Å². The van der Waals surface area contributed by atoms with E-state index in [0.717, 1.165) is 5.56 Å². The number of carbonyl (C=O) groups is 2. The molecule has 0 aliphatic heterocycles. The van der Waals surface area contributed by atoms with Crippen LogP contribution >= 0.6 is 11.6 Å². The Morgan fingerprint density at radius 1 is 1.38 bits per heavy atom. The monoisotopic (exact) mass is 309 g/mol. The summed E-state index contributed by atoms with van der Waals surface area (Å²) in [5, 5.41) is 12.3. The molecule has 2 N–H and O–H groups in total. The van der Waals surface area contributed by atoms with Crippen LogP contribution in [0.25, 0.3) is 6.08 Å². The Hall–Kier alpha value is -1.81. The van der Waals surface area contributed by atoms with E-state index in [2.05, 4.69) is 5.32 Å². The summed E-state index contributed by atoms with van der Waals surface area (Å²) in [4.78, 5) is 22.8. The minimum atomic E-state index is -0.886. The highest BCUT2D eigenvalue weighted by Gasteiger charge is 2.19. The third-order valence-electron chi connectivity index (χ3n) is 2.90. The quantitative estimate of drug-likeness (QED) is 0.760. The second-order valence-electron chi connectivity index (χ2n) is 5.30. The molecule has 0 fully saturated rings. The summed E-state index contributed by atoms with van der Waals surface area (Å²) in [5.74, 6) is -1.49. The van der Waals surface area contributed by atoms with Crippen molar-refractivity contribution in [1.29, 1.82) is 0 Å². The lowest BCUT2D eigenvalue weighted by atomic mass is 9.97. The van der Waals surface area contributed by atoms with Gasteiger partial charge in [0.2, 0.25) is 5.91 Å². The van der Waals surface area contributed by atoms with Gasteiger partial charge in [0.25, 0.3) is 0 Å². The Bertz CT molecular complexity index is 526. The van der Waals surface area contributed by atoms with Gasteiger partial charge in [-0.2, -0.15) is 0 Å². The molecule has 114 valence electrons. The van der Waals surface area contributed by atoms with Crippen LogP contribution in [0, 0.1) is 11.8 Å². The number of carboxylic acid groups (broad SMARTS) is 1. The zero-order chi connectivity index (χ0) is 15.8. The van der Waals surface area contributed by atoms with E-state index in [1.165, 1.54) is 6.08 Å². The molecular formula is C16H20ClNO3. The molecule has 0 aliphatic carbocycles. The highest BCUT2D eigenvalue weighted by Crippen LogP contribution is 2.12. The number of carbonyl (C=O) groups excluding carboxylic acids is 1. The summed E-state index contributed by atoms with van der Waals surface area (Å²) in [6.45, 7) is 4.04. The number of nitrogens with one attached hydrogen (secondary N) is 1. The number of halogens is 1. The molecule has 0 saturated heterocycles. The van der Waals surface area contributed by atoms with Crippen LogP contribution < -0.4 is 5.32 Å². The highest BCUT2D eigenvalue weighted by atomic mass is 35.5. The first-order valence-corrected chi connectivity index (χ1v) is 7.20. The summed E-state index contributed by atoms with van der Waals surface area (Å²) in [7, 11) is 0. The Morgan fingerprint density at radius 2 is 2.10 bits per heavy atom. The fourth-order valence-corrected chi connectivity index (χ4v) is 2.10. The smallest absolute Gasteiger partial charge is 0.308 e. The molecular weight excluding hydrogens is 290 g/mol. The second-order valence-corrected chi connectivity index (χ2v) is 5.73. The van der Waals surface area contributed by atoms with Gasteiger partial charge in [-0.25, -0.2) is 0 Å². The Balaban J connectivity index is 2.51. The summed E-state index contributed by atoms with van der Waals surface area (Å²) in [6, 6.07) is 7.12. The van der Waals surface area contributed by atoms with Crippen molar-refractivity contribution in [2.45, 2.75) is 20.3 Å². The molecule has 0 radical (unpaired) electrons. The van der Waals surface area contributed by atoms with E-state index in [4.69, 9.17) is 16.7 Å². The molecule has 1 rings (SSSR count). The number of benzene rings is 1. The maximum Gasteiger partial charge on any atom is 0.308 e. The zero-order valence-electron chi connectivity index (χ0n) is 12.2. The molecule has 1 aromatic carbocycles. The molecule has 0 aliphatic rings. The number of hydrogen-bond acceptors (Lipinski definition) is 2. The molecule has 21 heavy (non-hydrogen) atoms. The Morgan fingerprint density at radius 3 is 2.67 bits per heavy atom. The van der Waals surface area contributed by atoms with Gasteiger partial charge in [0.1, 0.15) is 0 Å². The average Bonchev–Trinajstić information content (AvgIpc) is 2.40. The number of amides is 1. The van der Waals surface area contributed by atoms with Crippen LogP contribution in [0.15, 0.2) is 30.3 Å². The second kappa shape index (κ2) is 8.47.